The third-order valence-electron chi connectivity index (χ3n) is 2.83. The summed E-state index contributed by atoms with van der Waals surface area (Å²) in [6.45, 7) is 2.35. The van der Waals surface area contributed by atoms with Crippen molar-refractivity contribution in [2.75, 3.05) is 18.9 Å². The Labute approximate surface area is 111 Å². The minimum atomic E-state index is -0.172. The third kappa shape index (κ3) is 3.00. The minimum Gasteiger partial charge on any atom is -0.399 e. The van der Waals surface area contributed by atoms with Crippen LogP contribution in [0, 0.1) is 6.92 Å². The Bertz CT molecular complexity index is 611. The number of anilines is 1. The highest BCUT2D eigenvalue weighted by Gasteiger charge is 2.11. The summed E-state index contributed by atoms with van der Waals surface area (Å²) in [4.78, 5) is 16.5. The molecule has 0 saturated heterocycles. The zero-order valence-electron chi connectivity index (χ0n) is 10.8. The van der Waals surface area contributed by atoms with Crippen molar-refractivity contribution in [3.63, 3.8) is 0 Å². The van der Waals surface area contributed by atoms with Crippen molar-refractivity contribution < 1.29 is 9.90 Å². The van der Waals surface area contributed by atoms with Crippen LogP contribution < -0.4 is 11.1 Å². The Hall–Kier alpha value is -2.14. The zero-order chi connectivity index (χ0) is 13.8. The van der Waals surface area contributed by atoms with E-state index in [0.717, 1.165) is 16.6 Å². The molecule has 0 fully saturated rings. The Morgan fingerprint density at radius 3 is 2.95 bits per heavy atom. The van der Waals surface area contributed by atoms with Crippen LogP contribution in [-0.4, -0.2) is 29.1 Å². The molecule has 0 aliphatic rings. The van der Waals surface area contributed by atoms with Crippen LogP contribution in [0.4, 0.5) is 5.69 Å². The second-order valence-corrected chi connectivity index (χ2v) is 4.42. The average Bonchev–Trinajstić information content (AvgIpc) is 2.38. The Morgan fingerprint density at radius 2 is 2.21 bits per heavy atom. The molecule has 0 spiro atoms. The fourth-order valence-electron chi connectivity index (χ4n) is 1.94. The van der Waals surface area contributed by atoms with E-state index in [2.05, 4.69) is 10.3 Å². The molecule has 0 bridgehead atoms. The maximum absolute atomic E-state index is 12.1. The van der Waals surface area contributed by atoms with Crippen LogP contribution in [0.1, 0.15) is 22.5 Å². The fraction of sp³-hybridized carbons (Fsp3) is 0.286. The van der Waals surface area contributed by atoms with E-state index in [1.54, 1.807) is 18.2 Å². The van der Waals surface area contributed by atoms with Gasteiger partial charge >= 0.3 is 0 Å². The van der Waals surface area contributed by atoms with Crippen LogP contribution in [0.25, 0.3) is 10.9 Å². The van der Waals surface area contributed by atoms with E-state index in [-0.39, 0.29) is 12.5 Å². The number of carbonyl (C=O) groups is 1. The molecular formula is C14H17N3O2. The lowest BCUT2D eigenvalue weighted by atomic mass is 10.1. The number of rotatable bonds is 4. The molecule has 1 heterocycles. The minimum absolute atomic E-state index is 0.0589. The lowest BCUT2D eigenvalue weighted by Crippen LogP contribution is -2.25. The first kappa shape index (κ1) is 13.3. The molecule has 0 atom stereocenters. The number of pyridine rings is 1. The number of carbonyl (C=O) groups excluding carboxylic acids is 1. The number of fused-ring (bicyclic) bond motifs is 1. The highest BCUT2D eigenvalue weighted by Crippen LogP contribution is 2.21. The van der Waals surface area contributed by atoms with Crippen LogP contribution in [0.15, 0.2) is 24.3 Å². The van der Waals surface area contributed by atoms with E-state index in [1.807, 2.05) is 13.0 Å². The summed E-state index contributed by atoms with van der Waals surface area (Å²) in [5, 5.41) is 12.2. The number of nitrogens with one attached hydrogen (secondary N) is 1. The number of hydrogen-bond acceptors (Lipinski definition) is 4. The average molecular weight is 259 g/mol. The van der Waals surface area contributed by atoms with Gasteiger partial charge in [0.2, 0.25) is 0 Å². The summed E-state index contributed by atoms with van der Waals surface area (Å²) in [7, 11) is 0. The van der Waals surface area contributed by atoms with Crippen molar-refractivity contribution in [2.45, 2.75) is 13.3 Å². The second kappa shape index (κ2) is 5.67. The molecule has 1 aromatic carbocycles. The molecular weight excluding hydrogens is 242 g/mol. The Morgan fingerprint density at radius 1 is 1.42 bits per heavy atom. The number of aliphatic hydroxyl groups is 1. The molecule has 5 nitrogen and oxygen atoms in total. The van der Waals surface area contributed by atoms with Gasteiger partial charge < -0.3 is 16.2 Å². The first-order valence-corrected chi connectivity index (χ1v) is 6.18. The van der Waals surface area contributed by atoms with Crippen molar-refractivity contribution in [1.29, 1.82) is 0 Å². The van der Waals surface area contributed by atoms with Crippen molar-refractivity contribution in [2.24, 2.45) is 0 Å². The number of hydrogen-bond donors (Lipinski definition) is 3. The molecule has 2 aromatic rings. The zero-order valence-corrected chi connectivity index (χ0v) is 10.8. The van der Waals surface area contributed by atoms with Gasteiger partial charge in [-0.25, -0.2) is 0 Å². The first-order chi connectivity index (χ1) is 9.11. The molecule has 0 aliphatic heterocycles. The molecule has 0 aliphatic carbocycles. The van der Waals surface area contributed by atoms with E-state index >= 15 is 0 Å². The van der Waals surface area contributed by atoms with Gasteiger partial charge in [0.1, 0.15) is 0 Å². The third-order valence-corrected chi connectivity index (χ3v) is 2.83. The van der Waals surface area contributed by atoms with Gasteiger partial charge in [0, 0.05) is 29.9 Å². The van der Waals surface area contributed by atoms with E-state index < -0.39 is 0 Å². The normalized spacial score (nSPS) is 10.6. The van der Waals surface area contributed by atoms with Crippen LogP contribution in [0.2, 0.25) is 0 Å². The van der Waals surface area contributed by atoms with E-state index in [4.69, 9.17) is 10.8 Å². The molecule has 0 radical (unpaired) electrons. The van der Waals surface area contributed by atoms with Crippen LogP contribution >= 0.6 is 0 Å². The highest BCUT2D eigenvalue weighted by atomic mass is 16.3. The maximum Gasteiger partial charge on any atom is 0.252 e. The standard InChI is InChI=1S/C14H17N3O2/c1-9-7-12(14(19)16-5-2-6-18)11-8-10(15)3-4-13(11)17-9/h3-4,7-8,18H,2,5-6,15H2,1H3,(H,16,19). The number of nitrogens with two attached hydrogens (primary N) is 1. The molecule has 0 saturated carbocycles. The van der Waals surface area contributed by atoms with Gasteiger partial charge in [-0.3, -0.25) is 9.78 Å². The van der Waals surface area contributed by atoms with Gasteiger partial charge in [-0.05, 0) is 37.6 Å². The Balaban J connectivity index is 2.40. The van der Waals surface area contributed by atoms with Gasteiger partial charge in [0.25, 0.3) is 5.91 Å². The molecule has 2 rings (SSSR count). The van der Waals surface area contributed by atoms with E-state index in [1.165, 1.54) is 0 Å². The molecule has 19 heavy (non-hydrogen) atoms. The fourth-order valence-corrected chi connectivity index (χ4v) is 1.94. The number of amides is 1. The van der Waals surface area contributed by atoms with Crippen LogP contribution in [0.5, 0.6) is 0 Å². The van der Waals surface area contributed by atoms with Crippen molar-refractivity contribution in [3.8, 4) is 0 Å². The number of benzene rings is 1. The Kier molecular flexibility index (Phi) is 3.97. The highest BCUT2D eigenvalue weighted by molar-refractivity contribution is 6.06. The van der Waals surface area contributed by atoms with Crippen LogP contribution in [0.3, 0.4) is 0 Å². The molecule has 4 N–H and O–H groups in total. The van der Waals surface area contributed by atoms with E-state index in [0.29, 0.717) is 24.2 Å². The number of aryl methyl sites for hydroxylation is 1. The molecule has 1 aromatic heterocycles. The van der Waals surface area contributed by atoms with Gasteiger partial charge in [-0.15, -0.1) is 0 Å². The largest absolute Gasteiger partial charge is 0.399 e. The predicted molar refractivity (Wildman–Crippen MR) is 74.9 cm³/mol. The molecule has 5 heteroatoms. The number of nitrogens with zero attached hydrogens (tertiary/aromatic N) is 1. The topological polar surface area (TPSA) is 88.2 Å². The van der Waals surface area contributed by atoms with Crippen LogP contribution in [-0.2, 0) is 0 Å². The SMILES string of the molecule is Cc1cc(C(=O)NCCCO)c2cc(N)ccc2n1. The van der Waals surface area contributed by atoms with Gasteiger partial charge in [-0.1, -0.05) is 0 Å². The van der Waals surface area contributed by atoms with Gasteiger partial charge in [0.15, 0.2) is 0 Å². The number of aliphatic hydroxyl groups excluding tert-OH is 1. The summed E-state index contributed by atoms with van der Waals surface area (Å²) in [6, 6.07) is 7.07. The number of nitrogen functional groups attached to an aromatic ring is 1. The maximum atomic E-state index is 12.1. The van der Waals surface area contributed by atoms with Crippen molar-refractivity contribution >= 4 is 22.5 Å². The van der Waals surface area contributed by atoms with Gasteiger partial charge in [0.05, 0.1) is 11.1 Å². The summed E-state index contributed by atoms with van der Waals surface area (Å²) < 4.78 is 0. The monoisotopic (exact) mass is 259 g/mol. The van der Waals surface area contributed by atoms with E-state index in [9.17, 15) is 4.79 Å². The summed E-state index contributed by atoms with van der Waals surface area (Å²) in [5.41, 5.74) is 8.46. The molecule has 0 unspecified atom stereocenters. The van der Waals surface area contributed by atoms with Crippen molar-refractivity contribution in [3.05, 3.63) is 35.5 Å². The first-order valence-electron chi connectivity index (χ1n) is 6.18. The lowest BCUT2D eigenvalue weighted by molar-refractivity contribution is 0.0952. The summed E-state index contributed by atoms with van der Waals surface area (Å²) in [5.74, 6) is -0.172. The predicted octanol–water partition coefficient (Wildman–Crippen LogP) is 1.24. The van der Waals surface area contributed by atoms with Crippen molar-refractivity contribution in [1.82, 2.24) is 10.3 Å². The molecule has 1 amide bonds. The lowest BCUT2D eigenvalue weighted by Gasteiger charge is -2.09. The smallest absolute Gasteiger partial charge is 0.252 e. The summed E-state index contributed by atoms with van der Waals surface area (Å²) >= 11 is 0. The number of aromatic nitrogens is 1. The second-order valence-electron chi connectivity index (χ2n) is 4.42. The molecule has 100 valence electrons. The van der Waals surface area contributed by atoms with Gasteiger partial charge in [-0.2, -0.15) is 0 Å². The summed E-state index contributed by atoms with van der Waals surface area (Å²) in [6.07, 6.45) is 0.538. The quantitative estimate of drug-likeness (QED) is 0.569.